The van der Waals surface area contributed by atoms with Crippen molar-refractivity contribution in [2.75, 3.05) is 5.32 Å². The number of carbonyl (C=O) groups is 1. The monoisotopic (exact) mass is 465 g/mol. The van der Waals surface area contributed by atoms with Crippen molar-refractivity contribution in [2.45, 2.75) is 53.1 Å². The van der Waals surface area contributed by atoms with Gasteiger partial charge in [0.2, 0.25) is 0 Å². The normalized spacial score (nSPS) is 11.7. The van der Waals surface area contributed by atoms with Crippen LogP contribution in [0.4, 0.5) is 10.1 Å². The second kappa shape index (κ2) is 10.3. The van der Waals surface area contributed by atoms with Gasteiger partial charge in [0, 0.05) is 25.2 Å². The molecular formula is C25H28FN5O3. The predicted molar refractivity (Wildman–Crippen MR) is 127 cm³/mol. The maximum absolute atomic E-state index is 15.2. The highest BCUT2D eigenvalue weighted by Gasteiger charge is 2.22. The molecule has 0 saturated heterocycles. The summed E-state index contributed by atoms with van der Waals surface area (Å²) in [6.45, 7) is 7.48. The van der Waals surface area contributed by atoms with Crippen LogP contribution in [0.15, 0.2) is 35.1 Å². The standard InChI is InChI=1S/C25H28FN5O3/c1-6-8-16(4)34-22-13-21(31-25(33)30(5)23(7-2)29-31)20(26)12-19(22)24(32)28-18-10-9-17(14-27)15(3)11-18/h9-13,16H,6-8H2,1-5H3,(H,28,32)/t16-/m0/s1. The van der Waals surface area contributed by atoms with Crippen LogP contribution in [0.3, 0.4) is 0 Å². The molecule has 2 aromatic carbocycles. The van der Waals surface area contributed by atoms with Crippen LogP contribution < -0.4 is 15.7 Å². The minimum Gasteiger partial charge on any atom is -0.490 e. The molecule has 0 spiro atoms. The Labute approximate surface area is 197 Å². The number of nitriles is 1. The summed E-state index contributed by atoms with van der Waals surface area (Å²) < 4.78 is 23.6. The van der Waals surface area contributed by atoms with E-state index in [2.05, 4.69) is 16.5 Å². The minimum absolute atomic E-state index is 0.00842. The first kappa shape index (κ1) is 24.7. The average Bonchev–Trinajstić information content (AvgIpc) is 3.08. The zero-order chi connectivity index (χ0) is 25.0. The molecule has 0 fully saturated rings. The van der Waals surface area contributed by atoms with Gasteiger partial charge in [0.1, 0.15) is 23.1 Å². The van der Waals surface area contributed by atoms with E-state index in [9.17, 15) is 9.59 Å². The fraction of sp³-hybridized carbons (Fsp3) is 0.360. The molecule has 0 bridgehead atoms. The number of aryl methyl sites for hydroxylation is 2. The maximum atomic E-state index is 15.2. The van der Waals surface area contributed by atoms with E-state index >= 15 is 4.39 Å². The van der Waals surface area contributed by atoms with E-state index in [1.165, 1.54) is 10.6 Å². The van der Waals surface area contributed by atoms with Crippen LogP contribution in [-0.2, 0) is 13.5 Å². The quantitative estimate of drug-likeness (QED) is 0.535. The molecule has 0 saturated carbocycles. The van der Waals surface area contributed by atoms with Gasteiger partial charge < -0.3 is 10.1 Å². The number of nitrogens with zero attached hydrogens (tertiary/aromatic N) is 4. The molecule has 1 N–H and O–H groups in total. The van der Waals surface area contributed by atoms with Crippen LogP contribution >= 0.6 is 0 Å². The number of aromatic nitrogens is 3. The summed E-state index contributed by atoms with van der Waals surface area (Å²) in [4.78, 5) is 25.7. The first-order valence-corrected chi connectivity index (χ1v) is 11.2. The first-order chi connectivity index (χ1) is 16.2. The van der Waals surface area contributed by atoms with Crippen molar-refractivity contribution >= 4 is 11.6 Å². The van der Waals surface area contributed by atoms with Crippen molar-refractivity contribution < 1.29 is 13.9 Å². The van der Waals surface area contributed by atoms with Crippen molar-refractivity contribution in [3.8, 4) is 17.5 Å². The lowest BCUT2D eigenvalue weighted by Gasteiger charge is -2.18. The number of benzene rings is 2. The fourth-order valence-corrected chi connectivity index (χ4v) is 3.67. The molecular weight excluding hydrogens is 437 g/mol. The lowest BCUT2D eigenvalue weighted by molar-refractivity contribution is 0.101. The summed E-state index contributed by atoms with van der Waals surface area (Å²) >= 11 is 0. The molecule has 8 nitrogen and oxygen atoms in total. The Balaban J connectivity index is 2.06. The third-order valence-electron chi connectivity index (χ3n) is 5.54. The summed E-state index contributed by atoms with van der Waals surface area (Å²) in [5.74, 6) is -0.699. The zero-order valence-corrected chi connectivity index (χ0v) is 20.0. The number of nitrogens with one attached hydrogen (secondary N) is 1. The molecule has 34 heavy (non-hydrogen) atoms. The second-order valence-corrected chi connectivity index (χ2v) is 8.14. The van der Waals surface area contributed by atoms with Gasteiger partial charge in [-0.15, -0.1) is 5.10 Å². The Hall–Kier alpha value is -3.93. The third-order valence-corrected chi connectivity index (χ3v) is 5.54. The Kier molecular flexibility index (Phi) is 7.51. The number of amides is 1. The lowest BCUT2D eigenvalue weighted by Crippen LogP contribution is -2.24. The van der Waals surface area contributed by atoms with Gasteiger partial charge >= 0.3 is 5.69 Å². The topological polar surface area (TPSA) is 102 Å². The molecule has 0 radical (unpaired) electrons. The van der Waals surface area contributed by atoms with Crippen molar-refractivity contribution in [1.82, 2.24) is 14.3 Å². The molecule has 1 aromatic heterocycles. The molecule has 0 aliphatic heterocycles. The van der Waals surface area contributed by atoms with E-state index in [-0.39, 0.29) is 23.1 Å². The molecule has 3 aromatic rings. The average molecular weight is 466 g/mol. The highest BCUT2D eigenvalue weighted by atomic mass is 19.1. The van der Waals surface area contributed by atoms with Crippen molar-refractivity contribution in [3.63, 3.8) is 0 Å². The fourth-order valence-electron chi connectivity index (χ4n) is 3.67. The van der Waals surface area contributed by atoms with Crippen LogP contribution in [0.1, 0.15) is 60.9 Å². The van der Waals surface area contributed by atoms with Gasteiger partial charge in [-0.1, -0.05) is 20.3 Å². The molecule has 1 atom stereocenters. The van der Waals surface area contributed by atoms with Crippen LogP contribution in [-0.4, -0.2) is 26.4 Å². The first-order valence-electron chi connectivity index (χ1n) is 11.2. The SMILES string of the molecule is CCC[C@H](C)Oc1cc(-n2nc(CC)n(C)c2=O)c(F)cc1C(=O)Nc1ccc(C#N)c(C)c1. The predicted octanol–water partition coefficient (Wildman–Crippen LogP) is 4.27. The number of ether oxygens (including phenoxy) is 1. The van der Waals surface area contributed by atoms with Gasteiger partial charge in [0.05, 0.1) is 23.3 Å². The molecule has 3 rings (SSSR count). The molecule has 1 amide bonds. The van der Waals surface area contributed by atoms with E-state index in [4.69, 9.17) is 10.00 Å². The van der Waals surface area contributed by atoms with Gasteiger partial charge in [-0.05, 0) is 50.1 Å². The van der Waals surface area contributed by atoms with Crippen molar-refractivity contribution in [3.05, 3.63) is 69.1 Å². The van der Waals surface area contributed by atoms with Crippen LogP contribution in [0.2, 0.25) is 0 Å². The summed E-state index contributed by atoms with van der Waals surface area (Å²) in [6, 6.07) is 9.35. The Bertz CT molecular complexity index is 1320. The number of anilines is 1. The molecule has 0 aliphatic rings. The molecule has 9 heteroatoms. The van der Waals surface area contributed by atoms with E-state index in [0.717, 1.165) is 23.6 Å². The van der Waals surface area contributed by atoms with Gasteiger partial charge in [-0.25, -0.2) is 9.18 Å². The second-order valence-electron chi connectivity index (χ2n) is 8.14. The number of rotatable bonds is 8. The number of halogens is 1. The van der Waals surface area contributed by atoms with E-state index in [1.54, 1.807) is 32.2 Å². The van der Waals surface area contributed by atoms with Crippen LogP contribution in [0, 0.1) is 24.1 Å². The van der Waals surface area contributed by atoms with Crippen molar-refractivity contribution in [2.24, 2.45) is 7.05 Å². The maximum Gasteiger partial charge on any atom is 0.350 e. The largest absolute Gasteiger partial charge is 0.490 e. The summed E-state index contributed by atoms with van der Waals surface area (Å²) in [5, 5.41) is 16.1. The third kappa shape index (κ3) is 5.01. The Morgan fingerprint density at radius 1 is 1.29 bits per heavy atom. The van der Waals surface area contributed by atoms with Crippen LogP contribution in [0.25, 0.3) is 5.69 Å². The van der Waals surface area contributed by atoms with E-state index in [0.29, 0.717) is 29.1 Å². The Morgan fingerprint density at radius 2 is 2.03 bits per heavy atom. The Morgan fingerprint density at radius 3 is 2.62 bits per heavy atom. The summed E-state index contributed by atoms with van der Waals surface area (Å²) in [7, 11) is 1.57. The molecule has 178 valence electrons. The number of carbonyl (C=O) groups excluding carboxylic acids is 1. The van der Waals surface area contributed by atoms with Crippen molar-refractivity contribution in [1.29, 1.82) is 5.26 Å². The highest BCUT2D eigenvalue weighted by molar-refractivity contribution is 6.06. The molecule has 0 aliphatic carbocycles. The van der Waals surface area contributed by atoms with Crippen LogP contribution in [0.5, 0.6) is 5.75 Å². The van der Waals surface area contributed by atoms with E-state index < -0.39 is 17.4 Å². The number of hydrogen-bond donors (Lipinski definition) is 1. The van der Waals surface area contributed by atoms with Gasteiger partial charge in [0.15, 0.2) is 0 Å². The van der Waals surface area contributed by atoms with Gasteiger partial charge in [-0.2, -0.15) is 9.94 Å². The lowest BCUT2D eigenvalue weighted by atomic mass is 10.1. The summed E-state index contributed by atoms with van der Waals surface area (Å²) in [6.07, 6.45) is 1.85. The zero-order valence-electron chi connectivity index (χ0n) is 20.0. The van der Waals surface area contributed by atoms with Gasteiger partial charge in [-0.3, -0.25) is 9.36 Å². The number of hydrogen-bond acceptors (Lipinski definition) is 5. The molecule has 1 heterocycles. The smallest absolute Gasteiger partial charge is 0.350 e. The van der Waals surface area contributed by atoms with E-state index in [1.807, 2.05) is 20.8 Å². The molecule has 0 unspecified atom stereocenters. The van der Waals surface area contributed by atoms with Gasteiger partial charge in [0.25, 0.3) is 5.91 Å². The highest BCUT2D eigenvalue weighted by Crippen LogP contribution is 2.28. The summed E-state index contributed by atoms with van der Waals surface area (Å²) in [5.41, 5.74) is 1.07. The minimum atomic E-state index is -0.778.